The van der Waals surface area contributed by atoms with Gasteiger partial charge in [0.1, 0.15) is 5.75 Å². The molecule has 0 aromatic heterocycles. The minimum absolute atomic E-state index is 0.0652. The van der Waals surface area contributed by atoms with Gasteiger partial charge in [0.2, 0.25) is 0 Å². The molecule has 2 aliphatic rings. The fraction of sp³-hybridized carbons (Fsp3) is 0.647. The third-order valence-corrected chi connectivity index (χ3v) is 4.92. The number of benzene rings is 1. The van der Waals surface area contributed by atoms with Crippen LogP contribution < -0.4 is 9.64 Å². The third kappa shape index (κ3) is 3.50. The molecule has 0 radical (unpaired) electrons. The number of methoxy groups -OCH3 is 1. The van der Waals surface area contributed by atoms with Crippen molar-refractivity contribution >= 4 is 5.69 Å². The maximum Gasteiger partial charge on any atom is 0.119 e. The summed E-state index contributed by atoms with van der Waals surface area (Å²) >= 11 is 0. The Morgan fingerprint density at radius 3 is 2.38 bits per heavy atom. The Morgan fingerprint density at radius 2 is 1.81 bits per heavy atom. The number of nitrogens with zero attached hydrogens (tertiary/aromatic N) is 2. The van der Waals surface area contributed by atoms with Crippen LogP contribution in [0.1, 0.15) is 19.3 Å². The van der Waals surface area contributed by atoms with Gasteiger partial charge in [0.05, 0.1) is 13.2 Å². The van der Waals surface area contributed by atoms with E-state index in [1.54, 1.807) is 7.11 Å². The smallest absolute Gasteiger partial charge is 0.119 e. The van der Waals surface area contributed by atoms with Crippen LogP contribution >= 0.6 is 0 Å². The average molecular weight is 290 g/mol. The summed E-state index contributed by atoms with van der Waals surface area (Å²) in [5.41, 5.74) is 1.27. The van der Waals surface area contributed by atoms with Gasteiger partial charge < -0.3 is 14.7 Å². The van der Waals surface area contributed by atoms with Crippen LogP contribution in [0.4, 0.5) is 5.69 Å². The highest BCUT2D eigenvalue weighted by Crippen LogP contribution is 2.27. The summed E-state index contributed by atoms with van der Waals surface area (Å²) in [4.78, 5) is 4.94. The van der Waals surface area contributed by atoms with Crippen molar-refractivity contribution in [1.82, 2.24) is 4.90 Å². The van der Waals surface area contributed by atoms with Crippen LogP contribution in [-0.4, -0.2) is 55.9 Å². The first-order valence-corrected chi connectivity index (χ1v) is 8.05. The number of ether oxygens (including phenoxy) is 1. The predicted octanol–water partition coefficient (Wildman–Crippen LogP) is 1.98. The normalized spacial score (nSPS) is 27.0. The van der Waals surface area contributed by atoms with Crippen LogP contribution in [-0.2, 0) is 0 Å². The second-order valence-corrected chi connectivity index (χ2v) is 6.24. The quantitative estimate of drug-likeness (QED) is 0.920. The molecule has 4 nitrogen and oxygen atoms in total. The van der Waals surface area contributed by atoms with Crippen molar-refractivity contribution in [3.05, 3.63) is 24.3 Å². The predicted molar refractivity (Wildman–Crippen MR) is 85.0 cm³/mol. The van der Waals surface area contributed by atoms with Crippen LogP contribution in [0.2, 0.25) is 0 Å². The maximum atomic E-state index is 9.95. The van der Waals surface area contributed by atoms with E-state index in [4.69, 9.17) is 4.74 Å². The Hall–Kier alpha value is -1.26. The van der Waals surface area contributed by atoms with Crippen LogP contribution in [0.3, 0.4) is 0 Å². The highest BCUT2D eigenvalue weighted by Gasteiger charge is 2.28. The van der Waals surface area contributed by atoms with Gasteiger partial charge in [0, 0.05) is 38.4 Å². The molecule has 0 bridgehead atoms. The van der Waals surface area contributed by atoms with Gasteiger partial charge in [-0.05, 0) is 43.0 Å². The monoisotopic (exact) mass is 290 g/mol. The fourth-order valence-corrected chi connectivity index (χ4v) is 3.54. The van der Waals surface area contributed by atoms with Crippen LogP contribution in [0.15, 0.2) is 24.3 Å². The Morgan fingerprint density at radius 1 is 1.10 bits per heavy atom. The molecule has 1 saturated heterocycles. The van der Waals surface area contributed by atoms with E-state index in [0.29, 0.717) is 5.92 Å². The van der Waals surface area contributed by atoms with Crippen molar-refractivity contribution in [2.45, 2.75) is 25.4 Å². The highest BCUT2D eigenvalue weighted by molar-refractivity contribution is 5.49. The van der Waals surface area contributed by atoms with Crippen molar-refractivity contribution < 1.29 is 9.84 Å². The molecule has 2 fully saturated rings. The molecule has 1 aromatic rings. The molecular weight excluding hydrogens is 264 g/mol. The lowest BCUT2D eigenvalue weighted by atomic mass is 10.0. The van der Waals surface area contributed by atoms with Gasteiger partial charge in [-0.15, -0.1) is 0 Å². The first-order chi connectivity index (χ1) is 10.3. The molecule has 4 heteroatoms. The molecule has 0 amide bonds. The van der Waals surface area contributed by atoms with Crippen LogP contribution in [0.5, 0.6) is 5.75 Å². The molecule has 1 N–H and O–H groups in total. The van der Waals surface area contributed by atoms with Gasteiger partial charge in [-0.2, -0.15) is 0 Å². The number of hydrogen-bond acceptors (Lipinski definition) is 4. The van der Waals surface area contributed by atoms with Gasteiger partial charge >= 0.3 is 0 Å². The standard InChI is InChI=1S/C17H26N2O2/c1-21-16-7-5-15(6-8-16)19-11-9-18(10-12-19)13-14-3-2-4-17(14)20/h5-8,14,17,20H,2-4,9-13H2,1H3. The van der Waals surface area contributed by atoms with E-state index in [0.717, 1.165) is 44.9 Å². The van der Waals surface area contributed by atoms with E-state index in [9.17, 15) is 5.11 Å². The lowest BCUT2D eigenvalue weighted by molar-refractivity contribution is 0.0997. The molecule has 1 aliphatic carbocycles. The van der Waals surface area contributed by atoms with E-state index < -0.39 is 0 Å². The first kappa shape index (κ1) is 14.7. The van der Waals surface area contributed by atoms with Gasteiger partial charge in [0.15, 0.2) is 0 Å². The molecule has 1 saturated carbocycles. The number of anilines is 1. The zero-order chi connectivity index (χ0) is 14.7. The van der Waals surface area contributed by atoms with E-state index in [2.05, 4.69) is 21.9 Å². The van der Waals surface area contributed by atoms with Crippen molar-refractivity contribution in [3.8, 4) is 5.75 Å². The zero-order valence-electron chi connectivity index (χ0n) is 12.9. The first-order valence-electron chi connectivity index (χ1n) is 8.05. The zero-order valence-corrected chi connectivity index (χ0v) is 12.9. The van der Waals surface area contributed by atoms with Crippen molar-refractivity contribution in [2.24, 2.45) is 5.92 Å². The van der Waals surface area contributed by atoms with Crippen LogP contribution in [0.25, 0.3) is 0 Å². The number of rotatable bonds is 4. The molecular formula is C17H26N2O2. The molecule has 1 aliphatic heterocycles. The topological polar surface area (TPSA) is 35.9 Å². The van der Waals surface area contributed by atoms with E-state index >= 15 is 0 Å². The number of aliphatic hydroxyl groups excluding tert-OH is 1. The molecule has 1 heterocycles. The summed E-state index contributed by atoms with van der Waals surface area (Å²) in [5, 5.41) is 9.95. The summed E-state index contributed by atoms with van der Waals surface area (Å²) in [5.74, 6) is 1.41. The van der Waals surface area contributed by atoms with Gasteiger partial charge in [-0.3, -0.25) is 4.90 Å². The Labute approximate surface area is 127 Å². The summed E-state index contributed by atoms with van der Waals surface area (Å²) < 4.78 is 5.21. The molecule has 21 heavy (non-hydrogen) atoms. The van der Waals surface area contributed by atoms with E-state index in [1.807, 2.05) is 12.1 Å². The third-order valence-electron chi connectivity index (χ3n) is 4.92. The van der Waals surface area contributed by atoms with E-state index in [-0.39, 0.29) is 6.10 Å². The van der Waals surface area contributed by atoms with Crippen molar-refractivity contribution in [3.63, 3.8) is 0 Å². The largest absolute Gasteiger partial charge is 0.497 e. The van der Waals surface area contributed by atoms with Crippen molar-refractivity contribution in [2.75, 3.05) is 44.7 Å². The summed E-state index contributed by atoms with van der Waals surface area (Å²) in [6.07, 6.45) is 3.32. The van der Waals surface area contributed by atoms with Gasteiger partial charge in [-0.25, -0.2) is 0 Å². The highest BCUT2D eigenvalue weighted by atomic mass is 16.5. The molecule has 1 aromatic carbocycles. The summed E-state index contributed by atoms with van der Waals surface area (Å²) in [6.45, 7) is 5.38. The van der Waals surface area contributed by atoms with Gasteiger partial charge in [-0.1, -0.05) is 6.42 Å². The second-order valence-electron chi connectivity index (χ2n) is 6.24. The molecule has 2 unspecified atom stereocenters. The number of hydrogen-bond donors (Lipinski definition) is 1. The average Bonchev–Trinajstić information content (AvgIpc) is 2.93. The minimum atomic E-state index is -0.0652. The van der Waals surface area contributed by atoms with E-state index in [1.165, 1.54) is 18.5 Å². The molecule has 116 valence electrons. The Balaban J connectivity index is 1.50. The molecule has 2 atom stereocenters. The molecule has 0 spiro atoms. The lowest BCUT2D eigenvalue weighted by Gasteiger charge is -2.37. The fourth-order valence-electron chi connectivity index (χ4n) is 3.54. The SMILES string of the molecule is COc1ccc(N2CCN(CC3CCCC3O)CC2)cc1. The maximum absolute atomic E-state index is 9.95. The van der Waals surface area contributed by atoms with Gasteiger partial charge in [0.25, 0.3) is 0 Å². The summed E-state index contributed by atoms with van der Waals surface area (Å²) in [7, 11) is 1.70. The minimum Gasteiger partial charge on any atom is -0.497 e. The number of aliphatic hydroxyl groups is 1. The number of piperazine rings is 1. The molecule has 3 rings (SSSR count). The second kappa shape index (κ2) is 6.67. The lowest BCUT2D eigenvalue weighted by Crippen LogP contribution is -2.48. The van der Waals surface area contributed by atoms with Crippen LogP contribution in [0, 0.1) is 5.92 Å². The van der Waals surface area contributed by atoms with Crippen molar-refractivity contribution in [1.29, 1.82) is 0 Å². The Bertz CT molecular complexity index is 441. The summed E-state index contributed by atoms with van der Waals surface area (Å²) in [6, 6.07) is 8.32. The Kier molecular flexibility index (Phi) is 4.66.